The Morgan fingerprint density at radius 2 is 0.553 bits per heavy atom. The minimum absolute atomic E-state index is 0.735. The van der Waals surface area contributed by atoms with Crippen LogP contribution in [0.3, 0.4) is 0 Å². The second-order valence-corrected chi connectivity index (χ2v) is 28.0. The minimum Gasteiger partial charge on any atom is -0.493 e. The highest BCUT2D eigenvalue weighted by Gasteiger charge is 2.17. The molecule has 0 aliphatic heterocycles. The standard InChI is InChI=1S/C58H60O3.C30H44O2S/c1-41-35-57-53(39-55(41)59-33-21-9-5-3-7-11-31-51-47-27-17-13-23-43(47)37-44-24-14-18-28-48(44)51)54-40-56(42(2)36-58(54)61-57)60-34-22-10-6-4-8-12-32-52-49-29-19-15-25-45(49)38-46-26-16-20-30-50(46)52;1-5-7-9-11-13-15-17-31-27-21-25-26-22-28(32-18-16-14-12-10-8-6-2)24(4)20-30(26)33-29(25)19-23(27)3/h13-20,23-30,35-40H,3-12,21-22,31-34H2,1-2H3;19-22H,5-18H2,1-4H3. The monoisotopic (exact) mass is 1270 g/mol. The molecule has 6 heteroatoms. The third-order valence-electron chi connectivity index (χ3n) is 19.6. The van der Waals surface area contributed by atoms with Crippen LogP contribution in [0.25, 0.3) is 85.2 Å². The highest BCUT2D eigenvalue weighted by Crippen LogP contribution is 2.42. The van der Waals surface area contributed by atoms with Crippen LogP contribution in [0.15, 0.2) is 162 Å². The van der Waals surface area contributed by atoms with E-state index >= 15 is 0 Å². The minimum atomic E-state index is 0.735. The molecule has 5 nitrogen and oxygen atoms in total. The van der Waals surface area contributed by atoms with Crippen molar-refractivity contribution >= 4 is 96.5 Å². The Bertz CT molecular complexity index is 4010. The van der Waals surface area contributed by atoms with E-state index in [1.165, 1.54) is 214 Å². The van der Waals surface area contributed by atoms with Crippen LogP contribution in [0.2, 0.25) is 0 Å². The van der Waals surface area contributed by atoms with E-state index in [9.17, 15) is 0 Å². The molecule has 0 fully saturated rings. The van der Waals surface area contributed by atoms with Gasteiger partial charge in [0.05, 0.1) is 26.4 Å². The van der Waals surface area contributed by atoms with Crippen LogP contribution in [0.4, 0.5) is 0 Å². The zero-order chi connectivity index (χ0) is 64.9. The molecule has 12 rings (SSSR count). The van der Waals surface area contributed by atoms with Crippen LogP contribution >= 0.6 is 11.3 Å². The normalized spacial score (nSPS) is 11.7. The quantitative estimate of drug-likeness (QED) is 0.0289. The van der Waals surface area contributed by atoms with Crippen molar-refractivity contribution in [2.45, 2.75) is 208 Å². The van der Waals surface area contributed by atoms with E-state index in [1.54, 1.807) is 0 Å². The van der Waals surface area contributed by atoms with Crippen molar-refractivity contribution < 1.29 is 23.4 Å². The summed E-state index contributed by atoms with van der Waals surface area (Å²) in [7, 11) is 0. The van der Waals surface area contributed by atoms with Gasteiger partial charge in [-0.05, 0) is 216 Å². The molecule has 12 aromatic rings. The topological polar surface area (TPSA) is 50.1 Å². The zero-order valence-corrected chi connectivity index (χ0v) is 58.5. The fourth-order valence-corrected chi connectivity index (χ4v) is 15.4. The van der Waals surface area contributed by atoms with Gasteiger partial charge in [0, 0.05) is 30.9 Å². The fourth-order valence-electron chi connectivity index (χ4n) is 14.2. The molecule has 0 aliphatic carbocycles. The summed E-state index contributed by atoms with van der Waals surface area (Å²) in [6, 6.07) is 57.8. The molecule has 2 aromatic heterocycles. The first kappa shape index (κ1) is 67.9. The first-order valence-electron chi connectivity index (χ1n) is 36.5. The third-order valence-corrected chi connectivity index (χ3v) is 20.7. The lowest BCUT2D eigenvalue weighted by Crippen LogP contribution is -1.99. The molecular weight excluding hydrogens is 1170 g/mol. The molecule has 0 aliphatic rings. The van der Waals surface area contributed by atoms with Crippen LogP contribution in [0, 0.1) is 27.7 Å². The average Bonchev–Trinajstić information content (AvgIpc) is 1.46. The van der Waals surface area contributed by atoms with Crippen molar-refractivity contribution in [1.29, 1.82) is 0 Å². The number of thiophene rings is 1. The predicted molar refractivity (Wildman–Crippen MR) is 406 cm³/mol. The molecule has 0 saturated heterocycles. The first-order chi connectivity index (χ1) is 46.2. The van der Waals surface area contributed by atoms with Gasteiger partial charge in [-0.3, -0.25) is 0 Å². The number of furan rings is 1. The summed E-state index contributed by atoms with van der Waals surface area (Å²) in [5.41, 5.74) is 9.52. The number of aryl methyl sites for hydroxylation is 6. The van der Waals surface area contributed by atoms with E-state index in [4.69, 9.17) is 23.4 Å². The van der Waals surface area contributed by atoms with Crippen molar-refractivity contribution in [3.63, 3.8) is 0 Å². The van der Waals surface area contributed by atoms with E-state index in [1.807, 2.05) is 11.3 Å². The van der Waals surface area contributed by atoms with Gasteiger partial charge >= 0.3 is 0 Å². The van der Waals surface area contributed by atoms with Gasteiger partial charge in [0.1, 0.15) is 34.2 Å². The van der Waals surface area contributed by atoms with Crippen molar-refractivity contribution in [1.82, 2.24) is 0 Å². The summed E-state index contributed by atoms with van der Waals surface area (Å²) in [4.78, 5) is 0. The van der Waals surface area contributed by atoms with Gasteiger partial charge in [0.15, 0.2) is 0 Å². The molecule has 94 heavy (non-hydrogen) atoms. The highest BCUT2D eigenvalue weighted by molar-refractivity contribution is 7.25. The molecule has 2 heterocycles. The first-order valence-corrected chi connectivity index (χ1v) is 37.3. The van der Waals surface area contributed by atoms with Gasteiger partial charge in [0.2, 0.25) is 0 Å². The smallest absolute Gasteiger partial charge is 0.135 e. The van der Waals surface area contributed by atoms with Crippen LogP contribution in [0.1, 0.15) is 201 Å². The number of hydrogen-bond donors (Lipinski definition) is 0. The second-order valence-electron chi connectivity index (χ2n) is 26.9. The third kappa shape index (κ3) is 17.7. The summed E-state index contributed by atoms with van der Waals surface area (Å²) < 4.78 is 34.2. The maximum Gasteiger partial charge on any atom is 0.135 e. The maximum atomic E-state index is 6.39. The van der Waals surface area contributed by atoms with E-state index in [0.717, 1.165) is 121 Å². The fraction of sp³-hybridized carbons (Fsp3) is 0.409. The Morgan fingerprint density at radius 1 is 0.277 bits per heavy atom. The van der Waals surface area contributed by atoms with Gasteiger partial charge in [-0.15, -0.1) is 11.3 Å². The predicted octanol–water partition coefficient (Wildman–Crippen LogP) is 26.9. The number of fused-ring (bicyclic) bond motifs is 10. The number of hydrogen-bond acceptors (Lipinski definition) is 6. The van der Waals surface area contributed by atoms with Gasteiger partial charge in [0.25, 0.3) is 0 Å². The Kier molecular flexibility index (Phi) is 25.1. The molecule has 0 unspecified atom stereocenters. The summed E-state index contributed by atoms with van der Waals surface area (Å²) in [5, 5.41) is 15.8. The molecular formula is C88H104O5S. The highest BCUT2D eigenvalue weighted by atomic mass is 32.1. The molecule has 0 atom stereocenters. The van der Waals surface area contributed by atoms with Crippen LogP contribution < -0.4 is 18.9 Å². The zero-order valence-electron chi connectivity index (χ0n) is 57.7. The molecule has 0 N–H and O–H groups in total. The Morgan fingerprint density at radius 3 is 0.883 bits per heavy atom. The van der Waals surface area contributed by atoms with E-state index in [2.05, 4.69) is 199 Å². The lowest BCUT2D eigenvalue weighted by molar-refractivity contribution is 0.302. The Hall–Kier alpha value is -7.54. The van der Waals surface area contributed by atoms with Crippen molar-refractivity contribution in [2.24, 2.45) is 0 Å². The molecule has 0 amide bonds. The van der Waals surface area contributed by atoms with Crippen molar-refractivity contribution in [3.8, 4) is 23.0 Å². The molecule has 10 aromatic carbocycles. The lowest BCUT2D eigenvalue weighted by Gasteiger charge is -2.12. The summed E-state index contributed by atoms with van der Waals surface area (Å²) in [6.45, 7) is 16.2. The number of rotatable bonds is 36. The van der Waals surface area contributed by atoms with Crippen molar-refractivity contribution in [2.75, 3.05) is 26.4 Å². The summed E-state index contributed by atoms with van der Waals surface area (Å²) in [5.74, 6) is 3.97. The maximum absolute atomic E-state index is 6.39. The second kappa shape index (κ2) is 34.7. The number of unbranched alkanes of at least 4 members (excludes halogenated alkanes) is 20. The van der Waals surface area contributed by atoms with Crippen LogP contribution in [-0.4, -0.2) is 26.4 Å². The molecule has 0 saturated carbocycles. The Balaban J connectivity index is 0.000000231. The lowest BCUT2D eigenvalue weighted by atomic mass is 9.93. The van der Waals surface area contributed by atoms with Gasteiger partial charge in [-0.1, -0.05) is 226 Å². The van der Waals surface area contributed by atoms with Gasteiger partial charge in [-0.25, -0.2) is 0 Å². The van der Waals surface area contributed by atoms with Gasteiger partial charge < -0.3 is 23.4 Å². The Labute approximate surface area is 565 Å². The van der Waals surface area contributed by atoms with E-state index in [0.29, 0.717) is 0 Å². The molecule has 492 valence electrons. The summed E-state index contributed by atoms with van der Waals surface area (Å²) in [6.07, 6.45) is 32.3. The molecule has 0 spiro atoms. The SMILES string of the molecule is CCCCCCCCOc1cc2c(cc1C)sc1cc(C)c(OCCCCCCCC)cc12.Cc1cc2oc3cc(C)c(OCCCCCCCCc4c5ccccc5cc5ccccc45)cc3c2cc1OCCCCCCCCc1c2ccccc2cc2ccccc12. The summed E-state index contributed by atoms with van der Waals surface area (Å²) >= 11 is 1.88. The van der Waals surface area contributed by atoms with E-state index in [-0.39, 0.29) is 0 Å². The van der Waals surface area contributed by atoms with Crippen molar-refractivity contribution in [3.05, 3.63) is 191 Å². The van der Waals surface area contributed by atoms with E-state index < -0.39 is 0 Å². The van der Waals surface area contributed by atoms with Gasteiger partial charge in [-0.2, -0.15) is 0 Å². The molecule has 0 bridgehead atoms. The number of ether oxygens (including phenoxy) is 4. The number of benzene rings is 10. The molecule has 0 radical (unpaired) electrons. The van der Waals surface area contributed by atoms with Crippen LogP contribution in [-0.2, 0) is 12.8 Å². The van der Waals surface area contributed by atoms with Crippen LogP contribution in [0.5, 0.6) is 23.0 Å². The average molecular weight is 1270 g/mol. The largest absolute Gasteiger partial charge is 0.493 e.